The number of aliphatic hydroxyl groups excluding tert-OH is 2. The third-order valence-corrected chi connectivity index (χ3v) is 11.9. The van der Waals surface area contributed by atoms with Gasteiger partial charge in [0.25, 0.3) is 0 Å². The van der Waals surface area contributed by atoms with E-state index in [0.717, 1.165) is 25.6 Å². The maximum Gasteiger partial charge on any atom is 0.472 e. The molecule has 0 aliphatic carbocycles. The number of nitrogens with two attached hydrogens (primary N) is 1. The Labute approximate surface area is 359 Å². The molecule has 0 spiro atoms. The molecule has 4 rings (SSSR count). The molecule has 6 atom stereocenters. The number of aromatic nitrogens is 3. The standard InChI is InChI=1S/C43H65N6O11P/c1-4-5-6-7-8-9-10-11-12-13-14-15-16-17-18-19-22-56-27-33(57-26-32-23-36(54-2)34(25-44)37(24-32)55-3)28-58-61(52,53)59-29-38-40(50)41(51)43(30-45,60-38)39-21-20-35-42(46)47-31-48-49(35)39/h20-21,23-24,31,33,38,40-41,50-51H,4-19,22,26-29H2,1-3H3,(H,52,53)(H2,46,47,48)/t33-,38-,40-,41-,43+/m1/s1. The number of fused-ring (bicyclic) bond motifs is 1. The van der Waals surface area contributed by atoms with E-state index in [1.165, 1.54) is 114 Å². The van der Waals surface area contributed by atoms with Crippen LogP contribution in [0.2, 0.25) is 0 Å². The zero-order valence-electron chi connectivity index (χ0n) is 35.9. The number of anilines is 1. The number of nitrogen functional groups attached to an aromatic ring is 1. The predicted molar refractivity (Wildman–Crippen MR) is 227 cm³/mol. The number of methoxy groups -OCH3 is 2. The molecule has 1 aromatic carbocycles. The first-order chi connectivity index (χ1) is 29.5. The lowest BCUT2D eigenvalue weighted by Gasteiger charge is -2.24. The largest absolute Gasteiger partial charge is 0.495 e. The van der Waals surface area contributed by atoms with Gasteiger partial charge in [-0.1, -0.05) is 103 Å². The number of nitrogens with zero attached hydrogens (tertiary/aromatic N) is 5. The van der Waals surface area contributed by atoms with Crippen LogP contribution in [0.1, 0.15) is 126 Å². The summed E-state index contributed by atoms with van der Waals surface area (Å²) < 4.78 is 53.5. The predicted octanol–water partition coefficient (Wildman–Crippen LogP) is 7.04. The average molecular weight is 873 g/mol. The number of benzene rings is 1. The van der Waals surface area contributed by atoms with E-state index in [1.54, 1.807) is 12.1 Å². The minimum absolute atomic E-state index is 0.00727. The lowest BCUT2D eigenvalue weighted by atomic mass is 9.92. The molecule has 0 bridgehead atoms. The molecule has 3 aromatic rings. The van der Waals surface area contributed by atoms with Crippen LogP contribution in [0.3, 0.4) is 0 Å². The van der Waals surface area contributed by atoms with Gasteiger partial charge >= 0.3 is 7.82 Å². The molecule has 338 valence electrons. The first kappa shape index (κ1) is 49.8. The normalized spacial score (nSPS) is 20.3. The highest BCUT2D eigenvalue weighted by atomic mass is 31.2. The highest BCUT2D eigenvalue weighted by molar-refractivity contribution is 7.47. The van der Waals surface area contributed by atoms with Crippen LogP contribution >= 0.6 is 7.82 Å². The Morgan fingerprint density at radius 3 is 2.05 bits per heavy atom. The number of nitriles is 2. The van der Waals surface area contributed by atoms with Crippen LogP contribution < -0.4 is 15.2 Å². The monoisotopic (exact) mass is 872 g/mol. The Hall–Kier alpha value is -3.87. The molecule has 1 unspecified atom stereocenters. The molecule has 5 N–H and O–H groups in total. The molecule has 0 amide bonds. The van der Waals surface area contributed by atoms with Crippen molar-refractivity contribution in [2.75, 3.05) is 46.4 Å². The van der Waals surface area contributed by atoms with Gasteiger partial charge in [-0.15, -0.1) is 0 Å². The fourth-order valence-electron chi connectivity index (χ4n) is 7.42. The van der Waals surface area contributed by atoms with Gasteiger partial charge in [0, 0.05) is 6.61 Å². The molecular formula is C43H65N6O11P. The Bertz CT molecular complexity index is 1880. The number of phosphoric acid groups is 1. The summed E-state index contributed by atoms with van der Waals surface area (Å²) in [5, 5.41) is 45.7. The van der Waals surface area contributed by atoms with Crippen molar-refractivity contribution in [3.8, 4) is 23.6 Å². The van der Waals surface area contributed by atoms with E-state index in [4.69, 9.17) is 38.5 Å². The lowest BCUT2D eigenvalue weighted by molar-refractivity contribution is -0.0690. The van der Waals surface area contributed by atoms with Gasteiger partial charge in [-0.05, 0) is 36.2 Å². The van der Waals surface area contributed by atoms with Crippen LogP contribution in [0.4, 0.5) is 5.82 Å². The summed E-state index contributed by atoms with van der Waals surface area (Å²) in [6.45, 7) is 1.59. The number of unbranched alkanes of at least 4 members (excludes halogenated alkanes) is 15. The van der Waals surface area contributed by atoms with E-state index in [0.29, 0.717) is 29.2 Å². The fraction of sp³-hybridized carbons (Fsp3) is 0.674. The second kappa shape index (κ2) is 25.9. The van der Waals surface area contributed by atoms with Gasteiger partial charge in [-0.2, -0.15) is 15.6 Å². The lowest BCUT2D eigenvalue weighted by Crippen LogP contribution is -2.41. The van der Waals surface area contributed by atoms with Crippen LogP contribution in [0, 0.1) is 22.7 Å². The Balaban J connectivity index is 1.25. The average Bonchev–Trinajstić information content (AvgIpc) is 3.81. The van der Waals surface area contributed by atoms with Crippen molar-refractivity contribution < 1.29 is 52.4 Å². The molecule has 0 saturated carbocycles. The zero-order valence-corrected chi connectivity index (χ0v) is 36.8. The van der Waals surface area contributed by atoms with Crippen LogP contribution in [0.5, 0.6) is 11.5 Å². The molecular weight excluding hydrogens is 807 g/mol. The van der Waals surface area contributed by atoms with Crippen molar-refractivity contribution in [3.63, 3.8) is 0 Å². The number of rotatable bonds is 31. The Kier molecular flexibility index (Phi) is 21.2. The van der Waals surface area contributed by atoms with E-state index in [1.807, 2.05) is 6.07 Å². The first-order valence-corrected chi connectivity index (χ1v) is 23.0. The summed E-state index contributed by atoms with van der Waals surface area (Å²) in [7, 11) is -1.95. The number of aliphatic hydroxyl groups is 2. The van der Waals surface area contributed by atoms with Crippen LogP contribution in [-0.4, -0.2) is 94.8 Å². The minimum atomic E-state index is -4.82. The van der Waals surface area contributed by atoms with Gasteiger partial charge in [-0.3, -0.25) is 9.05 Å². The maximum atomic E-state index is 13.1. The molecule has 61 heavy (non-hydrogen) atoms. The number of hydrogen-bond acceptors (Lipinski definition) is 15. The van der Waals surface area contributed by atoms with Gasteiger partial charge in [-0.25, -0.2) is 14.1 Å². The SMILES string of the molecule is CCCCCCCCCCCCCCCCCCOC[C@H](COP(=O)(O)OC[C@H]1O[C@@](C#N)(c2ccc3c(N)ncnn23)[C@H](O)[C@@H]1O)OCc1cc(OC)c(C#N)c(OC)c1. The summed E-state index contributed by atoms with van der Waals surface area (Å²) in [5.41, 5.74) is 5.04. The quantitative estimate of drug-likeness (QED) is 0.0374. The summed E-state index contributed by atoms with van der Waals surface area (Å²) in [6.07, 6.45) is 15.6. The van der Waals surface area contributed by atoms with E-state index >= 15 is 0 Å². The summed E-state index contributed by atoms with van der Waals surface area (Å²) in [6, 6.07) is 10.2. The molecule has 1 fully saturated rings. The van der Waals surface area contributed by atoms with E-state index in [-0.39, 0.29) is 30.3 Å². The van der Waals surface area contributed by atoms with Crippen molar-refractivity contribution in [1.29, 1.82) is 10.5 Å². The molecule has 2 aromatic heterocycles. The van der Waals surface area contributed by atoms with E-state index < -0.39 is 51.1 Å². The van der Waals surface area contributed by atoms with Gasteiger partial charge in [0.05, 0.1) is 46.3 Å². The van der Waals surface area contributed by atoms with Crippen molar-refractivity contribution in [3.05, 3.63) is 47.4 Å². The molecule has 17 nitrogen and oxygen atoms in total. The van der Waals surface area contributed by atoms with Crippen molar-refractivity contribution >= 4 is 19.2 Å². The van der Waals surface area contributed by atoms with E-state index in [2.05, 4.69) is 23.1 Å². The van der Waals surface area contributed by atoms with Crippen LogP contribution in [-0.2, 0) is 40.0 Å². The minimum Gasteiger partial charge on any atom is -0.495 e. The third kappa shape index (κ3) is 14.6. The summed E-state index contributed by atoms with van der Waals surface area (Å²) in [4.78, 5) is 14.6. The number of phosphoric ester groups is 1. The Morgan fingerprint density at radius 1 is 0.902 bits per heavy atom. The van der Waals surface area contributed by atoms with Gasteiger partial charge in [0.2, 0.25) is 5.60 Å². The zero-order chi connectivity index (χ0) is 44.1. The highest BCUT2D eigenvalue weighted by Gasteiger charge is 2.58. The number of hydrogen-bond donors (Lipinski definition) is 4. The first-order valence-electron chi connectivity index (χ1n) is 21.5. The number of ether oxygens (including phenoxy) is 5. The smallest absolute Gasteiger partial charge is 0.472 e. The van der Waals surface area contributed by atoms with Crippen LogP contribution in [0.15, 0.2) is 30.6 Å². The van der Waals surface area contributed by atoms with Gasteiger partial charge in [0.15, 0.2) is 5.82 Å². The molecule has 18 heteroatoms. The summed E-state index contributed by atoms with van der Waals surface area (Å²) in [5.74, 6) is 0.709. The van der Waals surface area contributed by atoms with Gasteiger partial charge in [0.1, 0.15) is 65.5 Å². The Morgan fingerprint density at radius 2 is 1.49 bits per heavy atom. The molecule has 1 aliphatic rings. The second-order valence-corrected chi connectivity index (χ2v) is 16.9. The third-order valence-electron chi connectivity index (χ3n) is 10.9. The topological polar surface area (TPSA) is 246 Å². The summed E-state index contributed by atoms with van der Waals surface area (Å²) >= 11 is 0. The molecule has 3 heterocycles. The van der Waals surface area contributed by atoms with Crippen molar-refractivity contribution in [2.45, 2.75) is 146 Å². The van der Waals surface area contributed by atoms with E-state index in [9.17, 15) is 30.2 Å². The maximum absolute atomic E-state index is 13.1. The molecule has 1 saturated heterocycles. The highest BCUT2D eigenvalue weighted by Crippen LogP contribution is 2.46. The fourth-order valence-corrected chi connectivity index (χ4v) is 8.18. The van der Waals surface area contributed by atoms with Crippen molar-refractivity contribution in [2.24, 2.45) is 0 Å². The molecule has 0 radical (unpaired) electrons. The molecule has 1 aliphatic heterocycles. The van der Waals surface area contributed by atoms with Gasteiger partial charge < -0.3 is 44.5 Å². The second-order valence-electron chi connectivity index (χ2n) is 15.5. The van der Waals surface area contributed by atoms with Crippen molar-refractivity contribution in [1.82, 2.24) is 14.6 Å². The van der Waals surface area contributed by atoms with Crippen LogP contribution in [0.25, 0.3) is 5.52 Å².